The molecule has 0 amide bonds. The molecule has 2 rings (SSSR count). The first-order chi connectivity index (χ1) is 9.97. The number of hydrogen-bond donors (Lipinski definition) is 0. The van der Waals surface area contributed by atoms with Crippen molar-refractivity contribution >= 4 is 17.2 Å². The first-order valence-corrected chi connectivity index (χ1v) is 8.04. The molecule has 0 unspecified atom stereocenters. The molecule has 21 heavy (non-hydrogen) atoms. The summed E-state index contributed by atoms with van der Waals surface area (Å²) in [6.45, 7) is 8.21. The van der Waals surface area contributed by atoms with Crippen molar-refractivity contribution in [3.05, 3.63) is 46.0 Å². The molecule has 0 saturated heterocycles. The van der Waals surface area contributed by atoms with Crippen molar-refractivity contribution < 1.29 is 4.79 Å². The minimum atomic E-state index is -0.00407. The smallest absolute Gasteiger partial charge is 0.238 e. The third-order valence-corrected chi connectivity index (χ3v) is 4.09. The predicted molar refractivity (Wildman–Crippen MR) is 85.7 cm³/mol. The Bertz CT molecular complexity index is 683. The fourth-order valence-electron chi connectivity index (χ4n) is 1.92. The fourth-order valence-corrected chi connectivity index (χ4v) is 2.76. The van der Waals surface area contributed by atoms with Crippen LogP contribution in [-0.2, 0) is 6.42 Å². The van der Waals surface area contributed by atoms with Gasteiger partial charge in [-0.25, -0.2) is 4.98 Å². The Morgan fingerprint density at radius 2 is 2.10 bits per heavy atom. The van der Waals surface area contributed by atoms with Crippen LogP contribution in [0.15, 0.2) is 34.8 Å². The van der Waals surface area contributed by atoms with Gasteiger partial charge in [0.1, 0.15) is 5.49 Å². The van der Waals surface area contributed by atoms with Crippen LogP contribution in [0.5, 0.6) is 0 Å². The summed E-state index contributed by atoms with van der Waals surface area (Å²) in [4.78, 5) is 21.5. The quantitative estimate of drug-likeness (QED) is 0.870. The van der Waals surface area contributed by atoms with Crippen LogP contribution in [0.4, 0.5) is 0 Å². The van der Waals surface area contributed by atoms with Crippen LogP contribution in [-0.4, -0.2) is 21.5 Å². The zero-order chi connectivity index (χ0) is 15.4. The second kappa shape index (κ2) is 6.80. The molecule has 0 saturated carbocycles. The Morgan fingerprint density at radius 3 is 2.71 bits per heavy atom. The van der Waals surface area contributed by atoms with E-state index in [1.54, 1.807) is 22.1 Å². The lowest BCUT2D eigenvalue weighted by molar-refractivity contribution is 0.0907. The van der Waals surface area contributed by atoms with Crippen LogP contribution in [0.1, 0.15) is 49.1 Å². The van der Waals surface area contributed by atoms with E-state index in [9.17, 15) is 4.79 Å². The average molecular weight is 303 g/mol. The van der Waals surface area contributed by atoms with Gasteiger partial charge < -0.3 is 0 Å². The fraction of sp³-hybridized carbons (Fsp3) is 0.438. The van der Waals surface area contributed by atoms with Crippen LogP contribution in [0, 0.1) is 0 Å². The van der Waals surface area contributed by atoms with E-state index in [1.165, 1.54) is 0 Å². The van der Waals surface area contributed by atoms with E-state index in [-0.39, 0.29) is 11.9 Å². The molecule has 0 aromatic carbocycles. The van der Waals surface area contributed by atoms with Crippen molar-refractivity contribution in [2.45, 2.75) is 46.1 Å². The van der Waals surface area contributed by atoms with Crippen molar-refractivity contribution in [3.8, 4) is 0 Å². The van der Waals surface area contributed by atoms with Gasteiger partial charge in [0.25, 0.3) is 0 Å². The van der Waals surface area contributed by atoms with E-state index < -0.39 is 0 Å². The topological polar surface area (TPSA) is 47.2 Å². The molecule has 0 radical (unpaired) electrons. The Balaban J connectivity index is 2.24. The molecular weight excluding hydrogens is 282 g/mol. The molecule has 0 bridgehead atoms. The largest absolute Gasteiger partial charge is 0.274 e. The molecule has 0 fully saturated rings. The van der Waals surface area contributed by atoms with Crippen molar-refractivity contribution in [3.63, 3.8) is 0 Å². The second-order valence-corrected chi connectivity index (χ2v) is 6.44. The van der Waals surface area contributed by atoms with Gasteiger partial charge in [0.2, 0.25) is 5.91 Å². The number of carbonyl (C=O) groups excluding carboxylic acids is 1. The second-order valence-electron chi connectivity index (χ2n) is 5.55. The number of carbonyl (C=O) groups is 1. The summed E-state index contributed by atoms with van der Waals surface area (Å²) in [5.74, 6) is 0.394. The zero-order valence-electron chi connectivity index (χ0n) is 12.9. The van der Waals surface area contributed by atoms with Crippen molar-refractivity contribution in [1.29, 1.82) is 0 Å². The SMILES string of the molecule is CC(C)N=c1ccccn1C(=O)Cc1csc(C(C)C)n1. The van der Waals surface area contributed by atoms with Gasteiger partial charge in [-0.1, -0.05) is 19.9 Å². The Hall–Kier alpha value is -1.75. The molecule has 5 heteroatoms. The molecule has 0 atom stereocenters. The van der Waals surface area contributed by atoms with Crippen molar-refractivity contribution in [2.24, 2.45) is 4.99 Å². The molecule has 0 spiro atoms. The van der Waals surface area contributed by atoms with Gasteiger partial charge in [-0.05, 0) is 26.0 Å². The summed E-state index contributed by atoms with van der Waals surface area (Å²) >= 11 is 1.61. The Morgan fingerprint density at radius 1 is 1.33 bits per heavy atom. The molecule has 112 valence electrons. The zero-order valence-corrected chi connectivity index (χ0v) is 13.7. The van der Waals surface area contributed by atoms with E-state index in [1.807, 2.05) is 37.4 Å². The van der Waals surface area contributed by atoms with Crippen LogP contribution in [0.2, 0.25) is 0 Å². The molecule has 2 heterocycles. The van der Waals surface area contributed by atoms with Crippen LogP contribution < -0.4 is 5.49 Å². The van der Waals surface area contributed by atoms with E-state index in [4.69, 9.17) is 0 Å². The first-order valence-electron chi connectivity index (χ1n) is 7.16. The summed E-state index contributed by atoms with van der Waals surface area (Å²) in [6, 6.07) is 5.75. The van der Waals surface area contributed by atoms with E-state index in [0.717, 1.165) is 10.7 Å². The molecule has 0 aliphatic rings. The molecule has 0 aliphatic heterocycles. The maximum atomic E-state index is 12.5. The van der Waals surface area contributed by atoms with Crippen LogP contribution in [0.3, 0.4) is 0 Å². The summed E-state index contributed by atoms with van der Waals surface area (Å²) in [5, 5.41) is 3.04. The molecular formula is C16H21N3OS. The maximum absolute atomic E-state index is 12.5. The molecule has 2 aromatic rings. The van der Waals surface area contributed by atoms with E-state index in [0.29, 0.717) is 17.8 Å². The number of aromatic nitrogens is 2. The highest BCUT2D eigenvalue weighted by atomic mass is 32.1. The van der Waals surface area contributed by atoms with Crippen molar-refractivity contribution in [2.75, 3.05) is 0 Å². The normalized spacial score (nSPS) is 12.4. The Kier molecular flexibility index (Phi) is 5.07. The van der Waals surface area contributed by atoms with Gasteiger partial charge >= 0.3 is 0 Å². The van der Waals surface area contributed by atoms with Gasteiger partial charge in [-0.15, -0.1) is 11.3 Å². The minimum absolute atomic E-state index is 0.00407. The van der Waals surface area contributed by atoms with Gasteiger partial charge in [0.05, 0.1) is 17.1 Å². The highest BCUT2D eigenvalue weighted by Gasteiger charge is 2.11. The average Bonchev–Trinajstić information content (AvgIpc) is 2.87. The third-order valence-electron chi connectivity index (χ3n) is 2.89. The molecule has 0 N–H and O–H groups in total. The van der Waals surface area contributed by atoms with Gasteiger partial charge in [-0.3, -0.25) is 14.4 Å². The Labute approximate surface area is 129 Å². The molecule has 0 aliphatic carbocycles. The summed E-state index contributed by atoms with van der Waals surface area (Å²) in [5.41, 5.74) is 1.53. The lowest BCUT2D eigenvalue weighted by Crippen LogP contribution is -2.28. The lowest BCUT2D eigenvalue weighted by atomic mass is 10.2. The number of nitrogens with zero attached hydrogens (tertiary/aromatic N) is 3. The van der Waals surface area contributed by atoms with Crippen molar-refractivity contribution in [1.82, 2.24) is 9.55 Å². The van der Waals surface area contributed by atoms with Gasteiger partial charge in [0, 0.05) is 23.5 Å². The van der Waals surface area contributed by atoms with E-state index >= 15 is 0 Å². The molecule has 2 aromatic heterocycles. The number of hydrogen-bond acceptors (Lipinski definition) is 4. The summed E-state index contributed by atoms with van der Waals surface area (Å²) in [7, 11) is 0. The maximum Gasteiger partial charge on any atom is 0.238 e. The number of rotatable bonds is 4. The predicted octanol–water partition coefficient (Wildman–Crippen LogP) is 3.26. The van der Waals surface area contributed by atoms with Crippen LogP contribution >= 0.6 is 11.3 Å². The monoisotopic (exact) mass is 303 g/mol. The summed E-state index contributed by atoms with van der Waals surface area (Å²) < 4.78 is 1.61. The highest BCUT2D eigenvalue weighted by Crippen LogP contribution is 2.19. The van der Waals surface area contributed by atoms with Gasteiger partial charge in [0.15, 0.2) is 0 Å². The lowest BCUT2D eigenvalue weighted by Gasteiger charge is -2.06. The number of pyridine rings is 1. The first kappa shape index (κ1) is 15.6. The van der Waals surface area contributed by atoms with Crippen LogP contribution in [0.25, 0.3) is 0 Å². The van der Waals surface area contributed by atoms with E-state index in [2.05, 4.69) is 23.8 Å². The number of thiazole rings is 1. The highest BCUT2D eigenvalue weighted by molar-refractivity contribution is 7.09. The third kappa shape index (κ3) is 4.11. The van der Waals surface area contributed by atoms with Gasteiger partial charge in [-0.2, -0.15) is 0 Å². The summed E-state index contributed by atoms with van der Waals surface area (Å²) in [6.07, 6.45) is 2.07. The minimum Gasteiger partial charge on any atom is -0.274 e. The standard InChI is InChI=1S/C16H21N3OS/c1-11(2)16-18-13(10-21-16)9-15(20)19-8-6-5-7-14(19)17-12(3)4/h5-8,10-12H,9H2,1-4H3. The molecule has 4 nitrogen and oxygen atoms in total.